The summed E-state index contributed by atoms with van der Waals surface area (Å²) in [6, 6.07) is 20.2. The van der Waals surface area contributed by atoms with E-state index in [1.54, 1.807) is 0 Å². The van der Waals surface area contributed by atoms with Gasteiger partial charge in [0.1, 0.15) is 5.82 Å². The van der Waals surface area contributed by atoms with Crippen LogP contribution in [0.1, 0.15) is 42.4 Å². The second kappa shape index (κ2) is 9.46. The fourth-order valence-electron chi connectivity index (χ4n) is 6.03. The number of para-hydroxylation sites is 1. The van der Waals surface area contributed by atoms with E-state index >= 15 is 0 Å². The maximum absolute atomic E-state index is 4.83. The Balaban J connectivity index is 1.04. The lowest BCUT2D eigenvalue weighted by Crippen LogP contribution is -2.31. The van der Waals surface area contributed by atoms with Crippen LogP contribution >= 0.6 is 0 Å². The number of aryl methyl sites for hydroxylation is 2. The van der Waals surface area contributed by atoms with Crippen LogP contribution < -0.4 is 15.5 Å². The summed E-state index contributed by atoms with van der Waals surface area (Å²) < 4.78 is 0. The Morgan fingerprint density at radius 2 is 1.60 bits per heavy atom. The summed E-state index contributed by atoms with van der Waals surface area (Å²) >= 11 is 0. The largest absolute Gasteiger partial charge is 0.362 e. The van der Waals surface area contributed by atoms with Crippen LogP contribution in [0.15, 0.2) is 54.6 Å². The van der Waals surface area contributed by atoms with Crippen molar-refractivity contribution in [3.05, 3.63) is 71.3 Å². The normalized spacial score (nSPS) is 19.4. The topological polar surface area (TPSA) is 53.1 Å². The number of benzene rings is 3. The van der Waals surface area contributed by atoms with Crippen molar-refractivity contribution in [1.82, 2.24) is 15.3 Å². The molecule has 0 aliphatic heterocycles. The molecule has 5 nitrogen and oxygen atoms in total. The van der Waals surface area contributed by atoms with Gasteiger partial charge in [-0.3, -0.25) is 0 Å². The second-order valence-corrected chi connectivity index (χ2v) is 10.5. The minimum Gasteiger partial charge on any atom is -0.362 e. The zero-order chi connectivity index (χ0) is 23.8. The minimum absolute atomic E-state index is 0.443. The number of anilines is 2. The van der Waals surface area contributed by atoms with Gasteiger partial charge < -0.3 is 15.5 Å². The van der Waals surface area contributed by atoms with Gasteiger partial charge >= 0.3 is 0 Å². The number of fused-ring (bicyclic) bond motifs is 1. The highest BCUT2D eigenvalue weighted by Gasteiger charge is 2.22. The molecule has 0 unspecified atom stereocenters. The van der Waals surface area contributed by atoms with E-state index in [9.17, 15) is 0 Å². The van der Waals surface area contributed by atoms with Gasteiger partial charge in [0, 0.05) is 32.1 Å². The lowest BCUT2D eigenvalue weighted by atomic mass is 9.86. The van der Waals surface area contributed by atoms with Crippen LogP contribution in [0.5, 0.6) is 0 Å². The molecule has 1 heterocycles. The van der Waals surface area contributed by atoms with Gasteiger partial charge in [0.15, 0.2) is 0 Å². The van der Waals surface area contributed by atoms with Crippen LogP contribution in [0, 0.1) is 5.92 Å². The summed E-state index contributed by atoms with van der Waals surface area (Å²) in [4.78, 5) is 11.7. The molecule has 3 aromatic carbocycles. The fourth-order valence-corrected chi connectivity index (χ4v) is 6.03. The van der Waals surface area contributed by atoms with Crippen molar-refractivity contribution in [3.8, 4) is 0 Å². The van der Waals surface area contributed by atoms with Gasteiger partial charge in [0.2, 0.25) is 5.95 Å². The first-order valence-corrected chi connectivity index (χ1v) is 13.1. The molecule has 4 aromatic rings. The van der Waals surface area contributed by atoms with Crippen molar-refractivity contribution >= 4 is 33.4 Å². The molecule has 35 heavy (non-hydrogen) atoms. The molecule has 0 spiro atoms. The number of nitrogens with zero attached hydrogens (tertiary/aromatic N) is 3. The SMILES string of the molecule is CN(C)c1nc(N[C@H]2CC[C@@H](CNCc3ccc4c5c(cccc35)CC4)CC2)nc2ccccc12. The van der Waals surface area contributed by atoms with Gasteiger partial charge in [-0.25, -0.2) is 4.98 Å². The first-order valence-electron chi connectivity index (χ1n) is 13.1. The molecule has 0 saturated heterocycles. The van der Waals surface area contributed by atoms with E-state index in [1.807, 2.05) is 26.2 Å². The Morgan fingerprint density at radius 3 is 2.43 bits per heavy atom. The molecule has 0 radical (unpaired) electrons. The molecule has 2 N–H and O–H groups in total. The average Bonchev–Trinajstić information content (AvgIpc) is 3.30. The van der Waals surface area contributed by atoms with Gasteiger partial charge in [0.25, 0.3) is 0 Å². The molecule has 1 aromatic heterocycles. The van der Waals surface area contributed by atoms with E-state index in [0.29, 0.717) is 6.04 Å². The minimum atomic E-state index is 0.443. The highest BCUT2D eigenvalue weighted by Crippen LogP contribution is 2.33. The molecule has 6 rings (SSSR count). The molecule has 1 saturated carbocycles. The lowest BCUT2D eigenvalue weighted by molar-refractivity contribution is 0.324. The van der Waals surface area contributed by atoms with E-state index in [1.165, 1.54) is 66.0 Å². The predicted molar refractivity (Wildman–Crippen MR) is 146 cm³/mol. The van der Waals surface area contributed by atoms with Crippen molar-refractivity contribution in [1.29, 1.82) is 0 Å². The third-order valence-electron chi connectivity index (χ3n) is 7.90. The Morgan fingerprint density at radius 1 is 0.829 bits per heavy atom. The molecule has 2 aliphatic rings. The molecular weight excluding hydrogens is 430 g/mol. The van der Waals surface area contributed by atoms with Crippen molar-refractivity contribution in [2.75, 3.05) is 30.9 Å². The molecular formula is C30H35N5. The zero-order valence-electron chi connectivity index (χ0n) is 20.8. The second-order valence-electron chi connectivity index (χ2n) is 10.5. The Kier molecular flexibility index (Phi) is 6.03. The first-order chi connectivity index (χ1) is 17.2. The fraction of sp³-hybridized carbons (Fsp3) is 0.400. The van der Waals surface area contributed by atoms with E-state index in [0.717, 1.165) is 41.7 Å². The number of hydrogen-bond donors (Lipinski definition) is 2. The quantitative estimate of drug-likeness (QED) is 0.366. The van der Waals surface area contributed by atoms with Crippen LogP contribution in [-0.4, -0.2) is 36.6 Å². The third-order valence-corrected chi connectivity index (χ3v) is 7.90. The van der Waals surface area contributed by atoms with Crippen molar-refractivity contribution in [2.24, 2.45) is 5.92 Å². The maximum Gasteiger partial charge on any atom is 0.225 e. The summed E-state index contributed by atoms with van der Waals surface area (Å²) in [5, 5.41) is 11.5. The summed E-state index contributed by atoms with van der Waals surface area (Å²) in [5.74, 6) is 2.46. The van der Waals surface area contributed by atoms with Crippen LogP contribution in [-0.2, 0) is 19.4 Å². The molecule has 180 valence electrons. The first kappa shape index (κ1) is 22.3. The van der Waals surface area contributed by atoms with Gasteiger partial charge in [-0.1, -0.05) is 42.5 Å². The molecule has 5 heteroatoms. The van der Waals surface area contributed by atoms with Crippen molar-refractivity contribution < 1.29 is 0 Å². The Hall–Kier alpha value is -3.18. The summed E-state index contributed by atoms with van der Waals surface area (Å²) in [6.07, 6.45) is 7.20. The monoisotopic (exact) mass is 465 g/mol. The molecule has 0 atom stereocenters. The molecule has 0 amide bonds. The summed E-state index contributed by atoms with van der Waals surface area (Å²) in [6.45, 7) is 2.05. The van der Waals surface area contributed by atoms with E-state index in [-0.39, 0.29) is 0 Å². The third kappa shape index (κ3) is 4.45. The molecule has 1 fully saturated rings. The zero-order valence-corrected chi connectivity index (χ0v) is 20.8. The standard InChI is InChI=1S/C30H35N5/c1-35(2)29-26-7-3-4-9-27(26)33-30(34-29)32-24-16-10-20(11-17-24)18-31-19-23-15-14-22-13-12-21-6-5-8-25(23)28(21)22/h3-9,14-15,20,24,31H,10-13,16-19H2,1-2H3,(H,32,33,34)/t20-,24+. The average molecular weight is 466 g/mol. The van der Waals surface area contributed by atoms with Gasteiger partial charge in [0.05, 0.1) is 5.52 Å². The van der Waals surface area contributed by atoms with Crippen LogP contribution in [0.25, 0.3) is 21.7 Å². The molecule has 2 aliphatic carbocycles. The maximum atomic E-state index is 4.83. The summed E-state index contributed by atoms with van der Waals surface area (Å²) in [5.41, 5.74) is 5.49. The Bertz CT molecular complexity index is 1340. The molecule has 0 bridgehead atoms. The van der Waals surface area contributed by atoms with Crippen LogP contribution in [0.2, 0.25) is 0 Å². The Labute approximate surface area is 208 Å². The predicted octanol–water partition coefficient (Wildman–Crippen LogP) is 5.71. The van der Waals surface area contributed by atoms with E-state index < -0.39 is 0 Å². The van der Waals surface area contributed by atoms with Crippen LogP contribution in [0.4, 0.5) is 11.8 Å². The smallest absolute Gasteiger partial charge is 0.225 e. The highest BCUT2D eigenvalue weighted by molar-refractivity contribution is 5.93. The van der Waals surface area contributed by atoms with Gasteiger partial charge in [-0.05, 0) is 90.6 Å². The summed E-state index contributed by atoms with van der Waals surface area (Å²) in [7, 11) is 4.08. The van der Waals surface area contributed by atoms with Crippen molar-refractivity contribution in [2.45, 2.75) is 51.1 Å². The van der Waals surface area contributed by atoms with E-state index in [2.05, 4.69) is 58.0 Å². The lowest BCUT2D eigenvalue weighted by Gasteiger charge is -2.29. The highest BCUT2D eigenvalue weighted by atomic mass is 15.2. The van der Waals surface area contributed by atoms with Gasteiger partial charge in [-0.15, -0.1) is 0 Å². The number of aromatic nitrogens is 2. The number of hydrogen-bond acceptors (Lipinski definition) is 5. The van der Waals surface area contributed by atoms with Crippen LogP contribution in [0.3, 0.4) is 0 Å². The van der Waals surface area contributed by atoms with E-state index in [4.69, 9.17) is 9.97 Å². The van der Waals surface area contributed by atoms with Crippen molar-refractivity contribution in [3.63, 3.8) is 0 Å². The van der Waals surface area contributed by atoms with Gasteiger partial charge in [-0.2, -0.15) is 4.98 Å². The number of rotatable bonds is 7. The number of nitrogens with one attached hydrogen (secondary N) is 2.